The molecular formula is C58H104O6. The van der Waals surface area contributed by atoms with Gasteiger partial charge in [-0.25, -0.2) is 0 Å². The smallest absolute Gasteiger partial charge is 0.306 e. The average Bonchev–Trinajstić information content (AvgIpc) is 3.29. The van der Waals surface area contributed by atoms with Gasteiger partial charge in [-0.3, -0.25) is 14.4 Å². The van der Waals surface area contributed by atoms with E-state index in [-0.39, 0.29) is 37.5 Å². The summed E-state index contributed by atoms with van der Waals surface area (Å²) >= 11 is 0. The maximum absolute atomic E-state index is 12.8. The van der Waals surface area contributed by atoms with Crippen molar-refractivity contribution in [2.75, 3.05) is 13.2 Å². The molecule has 0 amide bonds. The van der Waals surface area contributed by atoms with Gasteiger partial charge in [0.2, 0.25) is 0 Å². The lowest BCUT2D eigenvalue weighted by molar-refractivity contribution is -0.167. The second-order valence-electron chi connectivity index (χ2n) is 18.5. The van der Waals surface area contributed by atoms with Crippen LogP contribution in [0.15, 0.2) is 48.6 Å². The Hall–Kier alpha value is -2.63. The lowest BCUT2D eigenvalue weighted by atomic mass is 10.0. The van der Waals surface area contributed by atoms with Crippen LogP contribution in [0.25, 0.3) is 0 Å². The van der Waals surface area contributed by atoms with Crippen LogP contribution >= 0.6 is 0 Å². The first-order valence-corrected chi connectivity index (χ1v) is 27.6. The molecule has 0 N–H and O–H groups in total. The van der Waals surface area contributed by atoms with Crippen molar-refractivity contribution in [3.05, 3.63) is 48.6 Å². The van der Waals surface area contributed by atoms with Gasteiger partial charge in [0, 0.05) is 19.3 Å². The van der Waals surface area contributed by atoms with E-state index in [4.69, 9.17) is 14.2 Å². The molecule has 1 atom stereocenters. The Kier molecular flexibility index (Phi) is 50.8. The molecule has 0 aliphatic heterocycles. The number of allylic oxidation sites excluding steroid dienone is 8. The van der Waals surface area contributed by atoms with Gasteiger partial charge in [-0.2, -0.15) is 0 Å². The minimum absolute atomic E-state index is 0.0863. The van der Waals surface area contributed by atoms with Crippen molar-refractivity contribution >= 4 is 17.9 Å². The summed E-state index contributed by atoms with van der Waals surface area (Å²) in [4.78, 5) is 38.0. The van der Waals surface area contributed by atoms with Crippen LogP contribution in [0.2, 0.25) is 0 Å². The normalized spacial score (nSPS) is 12.4. The van der Waals surface area contributed by atoms with E-state index in [0.717, 1.165) is 64.2 Å². The van der Waals surface area contributed by atoms with Crippen LogP contribution in [0.3, 0.4) is 0 Å². The lowest BCUT2D eigenvalue weighted by Gasteiger charge is -2.18. The van der Waals surface area contributed by atoms with Gasteiger partial charge in [0.25, 0.3) is 0 Å². The Balaban J connectivity index is 4.37. The van der Waals surface area contributed by atoms with Gasteiger partial charge in [-0.05, 0) is 83.5 Å². The van der Waals surface area contributed by atoms with E-state index in [2.05, 4.69) is 69.4 Å². The third kappa shape index (κ3) is 50.4. The van der Waals surface area contributed by atoms with Crippen LogP contribution in [0.5, 0.6) is 0 Å². The minimum atomic E-state index is -0.790. The van der Waals surface area contributed by atoms with Gasteiger partial charge in [0.05, 0.1) is 0 Å². The van der Waals surface area contributed by atoms with Gasteiger partial charge in [-0.15, -0.1) is 0 Å². The molecule has 0 radical (unpaired) electrons. The van der Waals surface area contributed by atoms with E-state index in [0.29, 0.717) is 19.3 Å². The van der Waals surface area contributed by atoms with Crippen molar-refractivity contribution in [1.82, 2.24) is 0 Å². The first-order chi connectivity index (χ1) is 31.5. The molecule has 0 unspecified atom stereocenters. The summed E-state index contributed by atoms with van der Waals surface area (Å²) in [5, 5.41) is 0. The van der Waals surface area contributed by atoms with Crippen molar-refractivity contribution < 1.29 is 28.6 Å². The van der Waals surface area contributed by atoms with Gasteiger partial charge in [0.15, 0.2) is 6.10 Å². The van der Waals surface area contributed by atoms with Crippen molar-refractivity contribution in [2.45, 2.75) is 290 Å². The number of unbranched alkanes of at least 4 members (excludes halogenated alkanes) is 31. The molecule has 0 saturated carbocycles. The van der Waals surface area contributed by atoms with Crippen molar-refractivity contribution in [1.29, 1.82) is 0 Å². The van der Waals surface area contributed by atoms with E-state index in [9.17, 15) is 14.4 Å². The monoisotopic (exact) mass is 897 g/mol. The Labute approximate surface area is 397 Å². The highest BCUT2D eigenvalue weighted by Crippen LogP contribution is 2.15. The summed E-state index contributed by atoms with van der Waals surface area (Å²) < 4.78 is 16.8. The number of ether oxygens (including phenoxy) is 3. The highest BCUT2D eigenvalue weighted by molar-refractivity contribution is 5.71. The van der Waals surface area contributed by atoms with Gasteiger partial charge >= 0.3 is 17.9 Å². The summed E-state index contributed by atoms with van der Waals surface area (Å²) in [5.41, 5.74) is 0. The van der Waals surface area contributed by atoms with E-state index < -0.39 is 6.10 Å². The average molecular weight is 897 g/mol. The van der Waals surface area contributed by atoms with Crippen LogP contribution in [-0.4, -0.2) is 37.2 Å². The number of rotatable bonds is 50. The molecule has 0 saturated heterocycles. The summed E-state index contributed by atoms with van der Waals surface area (Å²) in [6.45, 7) is 6.59. The van der Waals surface area contributed by atoms with Crippen LogP contribution in [0, 0.1) is 0 Å². The molecule has 0 aliphatic carbocycles. The zero-order chi connectivity index (χ0) is 46.5. The number of hydrogen-bond acceptors (Lipinski definition) is 6. The van der Waals surface area contributed by atoms with Gasteiger partial charge in [-0.1, -0.05) is 230 Å². The molecule has 0 aliphatic rings. The lowest BCUT2D eigenvalue weighted by Crippen LogP contribution is -2.30. The largest absolute Gasteiger partial charge is 0.462 e. The first kappa shape index (κ1) is 61.4. The summed E-state index contributed by atoms with van der Waals surface area (Å²) in [7, 11) is 0. The van der Waals surface area contributed by atoms with Crippen LogP contribution in [0.4, 0.5) is 0 Å². The molecular weight excluding hydrogens is 793 g/mol. The van der Waals surface area contributed by atoms with Gasteiger partial charge < -0.3 is 14.2 Å². The van der Waals surface area contributed by atoms with Crippen LogP contribution < -0.4 is 0 Å². The zero-order valence-electron chi connectivity index (χ0n) is 42.6. The Morgan fingerprint density at radius 2 is 0.562 bits per heavy atom. The van der Waals surface area contributed by atoms with Crippen LogP contribution in [0.1, 0.15) is 284 Å². The third-order valence-corrected chi connectivity index (χ3v) is 12.1. The van der Waals surface area contributed by atoms with Gasteiger partial charge in [0.1, 0.15) is 13.2 Å². The predicted octanol–water partition coefficient (Wildman–Crippen LogP) is 18.3. The first-order valence-electron chi connectivity index (χ1n) is 27.6. The number of esters is 3. The molecule has 64 heavy (non-hydrogen) atoms. The molecule has 372 valence electrons. The summed E-state index contributed by atoms with van der Waals surface area (Å²) in [6, 6.07) is 0. The fourth-order valence-corrected chi connectivity index (χ4v) is 7.86. The fraction of sp³-hybridized carbons (Fsp3) is 0.810. The molecule has 0 bridgehead atoms. The molecule has 0 aromatic rings. The molecule has 0 aromatic carbocycles. The van der Waals surface area contributed by atoms with Crippen molar-refractivity contribution in [3.8, 4) is 0 Å². The second kappa shape index (κ2) is 53.0. The molecule has 6 heteroatoms. The Bertz CT molecular complexity index is 1120. The summed E-state index contributed by atoms with van der Waals surface area (Å²) in [6.07, 6.45) is 63.8. The highest BCUT2D eigenvalue weighted by atomic mass is 16.6. The number of hydrogen-bond donors (Lipinski definition) is 0. The van der Waals surface area contributed by atoms with E-state index in [1.165, 1.54) is 173 Å². The molecule has 6 nitrogen and oxygen atoms in total. The molecule has 0 spiro atoms. The molecule has 0 rings (SSSR count). The minimum Gasteiger partial charge on any atom is -0.462 e. The number of carbonyl (C=O) groups is 3. The highest BCUT2D eigenvalue weighted by Gasteiger charge is 2.19. The van der Waals surface area contributed by atoms with Crippen molar-refractivity contribution in [2.24, 2.45) is 0 Å². The summed E-state index contributed by atoms with van der Waals surface area (Å²) in [5.74, 6) is -0.917. The maximum Gasteiger partial charge on any atom is 0.306 e. The zero-order valence-corrected chi connectivity index (χ0v) is 42.6. The molecule has 0 fully saturated rings. The maximum atomic E-state index is 12.8. The predicted molar refractivity (Wildman–Crippen MR) is 275 cm³/mol. The second-order valence-corrected chi connectivity index (χ2v) is 18.5. The Morgan fingerprint density at radius 3 is 0.953 bits per heavy atom. The van der Waals surface area contributed by atoms with E-state index in [1.54, 1.807) is 0 Å². The van der Waals surface area contributed by atoms with E-state index >= 15 is 0 Å². The Morgan fingerprint density at radius 1 is 0.312 bits per heavy atom. The topological polar surface area (TPSA) is 78.9 Å². The number of carbonyl (C=O) groups excluding carboxylic acids is 3. The quantitative estimate of drug-likeness (QED) is 0.0262. The molecule has 0 heterocycles. The standard InChI is InChI=1S/C58H104O6/c1-4-7-10-13-16-19-22-25-27-28-29-30-32-33-36-39-42-45-48-51-57(60)63-54-55(53-62-56(59)50-47-44-41-38-35-24-21-18-15-12-9-6-3)64-58(61)52-49-46-43-40-37-34-31-26-23-20-17-14-11-8-5-2/h17,20,25-27,31,37,40,55H,4-16,18-19,21-24,28-30,32-36,38-39,41-54H2,1-3H3/b20-17-,27-25-,31-26-,40-37-/t55-/m0/s1. The third-order valence-electron chi connectivity index (χ3n) is 12.1. The van der Waals surface area contributed by atoms with Crippen molar-refractivity contribution in [3.63, 3.8) is 0 Å². The van der Waals surface area contributed by atoms with E-state index in [1.807, 2.05) is 0 Å². The fourth-order valence-electron chi connectivity index (χ4n) is 7.86. The molecule has 0 aromatic heterocycles. The van der Waals surface area contributed by atoms with Crippen LogP contribution in [-0.2, 0) is 28.6 Å². The SMILES string of the molecule is CCCCC/C=C\C/C=C\C/C=C\CCCCC(=O)O[C@H](COC(=O)CCCCCCCCCCC/C=C\CCCCCCCC)COC(=O)CCCCCCCCCCCCCC.